The summed E-state index contributed by atoms with van der Waals surface area (Å²) in [5.41, 5.74) is -0.850. The van der Waals surface area contributed by atoms with Gasteiger partial charge in [0.15, 0.2) is 0 Å². The monoisotopic (exact) mass is 445 g/mol. The molecule has 5 nitrogen and oxygen atoms in total. The summed E-state index contributed by atoms with van der Waals surface area (Å²) in [4.78, 5) is 13.9. The summed E-state index contributed by atoms with van der Waals surface area (Å²) < 4.78 is 22.4. The average Bonchev–Trinajstić information content (AvgIpc) is 2.72. The minimum Gasteiger partial charge on any atom is -0.395 e. The van der Waals surface area contributed by atoms with Crippen LogP contribution in [0.5, 0.6) is 0 Å². The second-order valence-electron chi connectivity index (χ2n) is 8.66. The van der Waals surface area contributed by atoms with Crippen LogP contribution in [0.2, 0.25) is 0 Å². The maximum atomic E-state index is 12.2. The molecule has 0 spiro atoms. The largest absolute Gasteiger partial charge is 0.395 e. The number of carbonyl (C=O) groups is 1. The van der Waals surface area contributed by atoms with Crippen molar-refractivity contribution in [3.63, 3.8) is 0 Å². The lowest BCUT2D eigenvalue weighted by atomic mass is 10.0. The van der Waals surface area contributed by atoms with E-state index in [2.05, 4.69) is 6.92 Å². The molecule has 1 N–H and O–H groups in total. The Balaban J connectivity index is 3.73. The number of hydrogen-bond acceptors (Lipinski definition) is 4. The van der Waals surface area contributed by atoms with Gasteiger partial charge in [0.25, 0.3) is 0 Å². The van der Waals surface area contributed by atoms with E-state index in [-0.39, 0.29) is 12.5 Å². The third kappa shape index (κ3) is 17.1. The lowest BCUT2D eigenvalue weighted by Gasteiger charge is -2.24. The minimum atomic E-state index is -2.71. The number of amides is 1. The lowest BCUT2D eigenvalue weighted by molar-refractivity contribution is -0.131. The molecule has 1 amide bonds. The number of aliphatic hydroxyl groups is 1. The molecule has 1 atom stereocenters. The zero-order chi connectivity index (χ0) is 22.5. The van der Waals surface area contributed by atoms with Crippen LogP contribution in [0.4, 0.5) is 0 Å². The Labute approximate surface area is 186 Å². The molecular weight excluding hydrogens is 397 g/mol. The van der Waals surface area contributed by atoms with Crippen LogP contribution in [0.15, 0.2) is 0 Å². The number of carbonyl (C=O) groups excluding carboxylic acids is 1. The summed E-state index contributed by atoms with van der Waals surface area (Å²) in [6, 6.07) is 0. The van der Waals surface area contributed by atoms with Gasteiger partial charge in [0, 0.05) is 19.5 Å². The van der Waals surface area contributed by atoms with Crippen LogP contribution in [0.25, 0.3) is 0 Å². The molecule has 1 unspecified atom stereocenters. The van der Waals surface area contributed by atoms with Crippen molar-refractivity contribution in [1.82, 2.24) is 4.90 Å². The maximum Gasteiger partial charge on any atom is 0.323 e. The van der Waals surface area contributed by atoms with Gasteiger partial charge >= 0.3 is 7.68 Å². The quantitative estimate of drug-likeness (QED) is 0.143. The first kappa shape index (κ1) is 29.3. The van der Waals surface area contributed by atoms with Gasteiger partial charge in [-0.1, -0.05) is 104 Å². The normalized spacial score (nSPS) is 12.1. The van der Waals surface area contributed by atoms with E-state index >= 15 is 0 Å². The first-order valence-electron chi connectivity index (χ1n) is 12.6. The first-order valence-corrected chi connectivity index (χ1v) is 13.8. The number of nitrogens with zero attached hydrogens (tertiary/aromatic N) is 1. The van der Waals surface area contributed by atoms with Crippen LogP contribution in [-0.4, -0.2) is 41.3 Å². The summed E-state index contributed by atoms with van der Waals surface area (Å²) in [7, 11) is -2.71. The van der Waals surface area contributed by atoms with Gasteiger partial charge in [-0.15, -0.1) is 0 Å². The highest BCUT2D eigenvalue weighted by Gasteiger charge is 2.21. The van der Waals surface area contributed by atoms with E-state index < -0.39 is 19.9 Å². The summed E-state index contributed by atoms with van der Waals surface area (Å²) in [5, 5.41) is 9.24. The van der Waals surface area contributed by atoms with E-state index in [1.165, 1.54) is 83.5 Å². The van der Waals surface area contributed by atoms with Gasteiger partial charge in [0.1, 0.15) is 5.66 Å². The maximum absolute atomic E-state index is 12.2. The third-order valence-corrected chi connectivity index (χ3v) is 6.71. The van der Waals surface area contributed by atoms with Gasteiger partial charge in [0.05, 0.1) is 6.61 Å². The van der Waals surface area contributed by atoms with Crippen molar-refractivity contribution >= 4 is 13.6 Å². The van der Waals surface area contributed by atoms with Gasteiger partial charge in [-0.25, -0.2) is 9.13 Å². The predicted molar refractivity (Wildman–Crippen MR) is 126 cm³/mol. The van der Waals surface area contributed by atoms with Gasteiger partial charge < -0.3 is 10.0 Å². The summed E-state index contributed by atoms with van der Waals surface area (Å²) in [6.45, 7) is 4.50. The highest BCUT2D eigenvalue weighted by Crippen LogP contribution is 2.17. The SMILES string of the molecule is CCCCCCCCCCCCCCCCCN(CC(CO)P(=O)=O)C(=O)CCC. The van der Waals surface area contributed by atoms with E-state index in [4.69, 9.17) is 0 Å². The highest BCUT2D eigenvalue weighted by molar-refractivity contribution is 7.31. The number of unbranched alkanes of at least 4 members (excludes halogenated alkanes) is 14. The molecule has 178 valence electrons. The van der Waals surface area contributed by atoms with Crippen LogP contribution in [0.3, 0.4) is 0 Å². The van der Waals surface area contributed by atoms with E-state index in [0.29, 0.717) is 13.0 Å². The van der Waals surface area contributed by atoms with Gasteiger partial charge in [-0.05, 0) is 12.8 Å². The average molecular weight is 446 g/mol. The zero-order valence-electron chi connectivity index (χ0n) is 19.8. The highest BCUT2D eigenvalue weighted by atomic mass is 31.1. The third-order valence-electron chi connectivity index (χ3n) is 5.79. The molecule has 6 heteroatoms. The van der Waals surface area contributed by atoms with Crippen LogP contribution < -0.4 is 0 Å². The smallest absolute Gasteiger partial charge is 0.323 e. The van der Waals surface area contributed by atoms with Gasteiger partial charge in [-0.3, -0.25) is 4.79 Å². The van der Waals surface area contributed by atoms with Crippen molar-refractivity contribution in [1.29, 1.82) is 0 Å². The molecular formula is C24H48NO4P. The van der Waals surface area contributed by atoms with Crippen LogP contribution >= 0.6 is 7.68 Å². The molecule has 0 bridgehead atoms. The number of hydrogen-bond donors (Lipinski definition) is 1. The van der Waals surface area contributed by atoms with Crippen molar-refractivity contribution in [3.05, 3.63) is 0 Å². The second-order valence-corrected chi connectivity index (χ2v) is 9.96. The molecule has 0 saturated carbocycles. The van der Waals surface area contributed by atoms with E-state index in [0.717, 1.165) is 19.3 Å². The summed E-state index contributed by atoms with van der Waals surface area (Å²) >= 11 is 0. The first-order chi connectivity index (χ1) is 14.6. The lowest BCUT2D eigenvalue weighted by Crippen LogP contribution is -2.37. The Morgan fingerprint density at radius 1 is 0.733 bits per heavy atom. The Bertz CT molecular complexity index is 460. The van der Waals surface area contributed by atoms with Crippen LogP contribution in [-0.2, 0) is 13.9 Å². The zero-order valence-corrected chi connectivity index (χ0v) is 20.7. The molecule has 0 aliphatic carbocycles. The van der Waals surface area contributed by atoms with E-state index in [9.17, 15) is 19.0 Å². The van der Waals surface area contributed by atoms with Crippen molar-refractivity contribution in [2.45, 2.75) is 129 Å². The van der Waals surface area contributed by atoms with Crippen molar-refractivity contribution < 1.29 is 19.0 Å². The van der Waals surface area contributed by atoms with Crippen LogP contribution in [0, 0.1) is 0 Å². The van der Waals surface area contributed by atoms with Crippen molar-refractivity contribution in [2.75, 3.05) is 19.7 Å². The van der Waals surface area contributed by atoms with E-state index in [1.807, 2.05) is 6.92 Å². The molecule has 0 aliphatic heterocycles. The summed E-state index contributed by atoms with van der Waals surface area (Å²) in [6.07, 6.45) is 20.6. The molecule has 0 saturated heterocycles. The second kappa shape index (κ2) is 21.6. The van der Waals surface area contributed by atoms with Gasteiger partial charge in [-0.2, -0.15) is 0 Å². The molecule has 0 radical (unpaired) electrons. The molecule has 0 aliphatic rings. The molecule has 0 aromatic carbocycles. The summed E-state index contributed by atoms with van der Waals surface area (Å²) in [5.74, 6) is -0.00170. The van der Waals surface area contributed by atoms with Crippen molar-refractivity contribution in [2.24, 2.45) is 0 Å². The molecule has 0 fully saturated rings. The molecule has 0 aromatic rings. The fourth-order valence-electron chi connectivity index (χ4n) is 3.81. The number of rotatable bonds is 22. The molecule has 0 aromatic heterocycles. The Hall–Kier alpha value is -0.670. The Morgan fingerprint density at radius 2 is 1.17 bits per heavy atom. The topological polar surface area (TPSA) is 74.7 Å². The Morgan fingerprint density at radius 3 is 1.53 bits per heavy atom. The van der Waals surface area contributed by atoms with E-state index in [1.54, 1.807) is 4.90 Å². The fourth-order valence-corrected chi connectivity index (χ4v) is 4.27. The van der Waals surface area contributed by atoms with Crippen molar-refractivity contribution in [3.8, 4) is 0 Å². The van der Waals surface area contributed by atoms with Crippen LogP contribution in [0.1, 0.15) is 123 Å². The minimum absolute atomic E-state index is 0.00170. The fraction of sp³-hybridized carbons (Fsp3) is 0.958. The molecule has 0 rings (SSSR count). The molecule has 30 heavy (non-hydrogen) atoms. The number of aliphatic hydroxyl groups excluding tert-OH is 1. The molecule has 0 heterocycles. The van der Waals surface area contributed by atoms with Gasteiger partial charge in [0.2, 0.25) is 5.91 Å². The predicted octanol–water partition coefficient (Wildman–Crippen LogP) is 7.02. The standard InChI is InChI=1S/C24H48NO4P/c1-3-5-6-7-8-9-10-11-12-13-14-15-16-17-18-20-25(24(27)19-4-2)21-23(22-26)30(28)29/h23,26H,3-22H2,1-2H3. The Kier molecular flexibility index (Phi) is 21.1.